The number of nitrogens with zero attached hydrogens (tertiary/aromatic N) is 1. The Bertz CT molecular complexity index is 1070. The predicted octanol–water partition coefficient (Wildman–Crippen LogP) is 3.15. The van der Waals surface area contributed by atoms with E-state index in [1.165, 1.54) is 4.90 Å². The molecular weight excluding hydrogens is 378 g/mol. The molecule has 0 saturated carbocycles. The van der Waals surface area contributed by atoms with Crippen LogP contribution in [-0.4, -0.2) is 36.2 Å². The minimum absolute atomic E-state index is 0.0612. The SMILES string of the molecule is O=C([O-])[C@H]1[C@H](c2ccccc2)CN1C(=O)OCC1c2ccccc2-c2ccccc21. The monoisotopic (exact) mass is 398 g/mol. The highest BCUT2D eigenvalue weighted by molar-refractivity contribution is 5.83. The molecule has 1 amide bonds. The van der Waals surface area contributed by atoms with E-state index in [1.807, 2.05) is 66.7 Å². The average Bonchev–Trinajstić information content (AvgIpc) is 3.06. The molecule has 0 radical (unpaired) electrons. The Labute approximate surface area is 174 Å². The molecular formula is C25H20NO4-. The van der Waals surface area contributed by atoms with Crippen LogP contribution in [0.1, 0.15) is 28.5 Å². The zero-order valence-electron chi connectivity index (χ0n) is 16.2. The number of fused-ring (bicyclic) bond motifs is 3. The van der Waals surface area contributed by atoms with Crippen LogP contribution >= 0.6 is 0 Å². The number of carbonyl (C=O) groups is 2. The summed E-state index contributed by atoms with van der Waals surface area (Å²) in [4.78, 5) is 25.7. The molecule has 0 unspecified atom stereocenters. The smallest absolute Gasteiger partial charge is 0.410 e. The summed E-state index contributed by atoms with van der Waals surface area (Å²) in [6, 6.07) is 24.5. The third-order valence-electron chi connectivity index (χ3n) is 6.15. The highest BCUT2D eigenvalue weighted by Crippen LogP contribution is 2.44. The maximum absolute atomic E-state index is 12.7. The highest BCUT2D eigenvalue weighted by Gasteiger charge is 2.44. The van der Waals surface area contributed by atoms with Crippen molar-refractivity contribution in [1.29, 1.82) is 0 Å². The quantitative estimate of drug-likeness (QED) is 0.677. The van der Waals surface area contributed by atoms with Gasteiger partial charge in [0.2, 0.25) is 0 Å². The van der Waals surface area contributed by atoms with Crippen molar-refractivity contribution in [3.8, 4) is 11.1 Å². The van der Waals surface area contributed by atoms with Crippen LogP contribution in [0.5, 0.6) is 0 Å². The Hall–Kier alpha value is -3.60. The fourth-order valence-electron chi connectivity index (χ4n) is 4.65. The normalized spacial score (nSPS) is 19.5. The first-order valence-electron chi connectivity index (χ1n) is 10.0. The van der Waals surface area contributed by atoms with Crippen LogP contribution in [0.4, 0.5) is 4.79 Å². The second-order valence-corrected chi connectivity index (χ2v) is 7.74. The predicted molar refractivity (Wildman–Crippen MR) is 110 cm³/mol. The van der Waals surface area contributed by atoms with Gasteiger partial charge in [-0.1, -0.05) is 78.9 Å². The van der Waals surface area contributed by atoms with Crippen LogP contribution < -0.4 is 5.11 Å². The summed E-state index contributed by atoms with van der Waals surface area (Å²) in [6.45, 7) is 0.471. The van der Waals surface area contributed by atoms with Crippen LogP contribution in [-0.2, 0) is 9.53 Å². The van der Waals surface area contributed by atoms with Crippen LogP contribution in [0.3, 0.4) is 0 Å². The zero-order valence-corrected chi connectivity index (χ0v) is 16.2. The molecule has 5 nitrogen and oxygen atoms in total. The molecule has 1 saturated heterocycles. The molecule has 1 fully saturated rings. The van der Waals surface area contributed by atoms with E-state index < -0.39 is 18.1 Å². The number of hydrogen-bond donors (Lipinski definition) is 0. The summed E-state index contributed by atoms with van der Waals surface area (Å²) in [6.07, 6.45) is -0.613. The van der Waals surface area contributed by atoms with E-state index in [1.54, 1.807) is 0 Å². The Balaban J connectivity index is 1.32. The molecule has 1 aliphatic heterocycles. The van der Waals surface area contributed by atoms with Crippen LogP contribution in [0.2, 0.25) is 0 Å². The van der Waals surface area contributed by atoms with E-state index in [9.17, 15) is 14.7 Å². The molecule has 150 valence electrons. The fourth-order valence-corrected chi connectivity index (χ4v) is 4.65. The maximum Gasteiger partial charge on any atom is 0.410 e. The number of likely N-dealkylation sites (tertiary alicyclic amines) is 1. The number of ether oxygens (including phenoxy) is 1. The molecule has 2 aliphatic rings. The molecule has 1 aliphatic carbocycles. The molecule has 30 heavy (non-hydrogen) atoms. The van der Waals surface area contributed by atoms with Gasteiger partial charge in [0.15, 0.2) is 0 Å². The summed E-state index contributed by atoms with van der Waals surface area (Å²) in [5, 5.41) is 11.7. The van der Waals surface area contributed by atoms with E-state index in [-0.39, 0.29) is 18.4 Å². The summed E-state index contributed by atoms with van der Waals surface area (Å²) in [5.41, 5.74) is 5.42. The van der Waals surface area contributed by atoms with Crippen LogP contribution in [0, 0.1) is 0 Å². The number of rotatable bonds is 4. The van der Waals surface area contributed by atoms with E-state index >= 15 is 0 Å². The fraction of sp³-hybridized carbons (Fsp3) is 0.200. The topological polar surface area (TPSA) is 69.7 Å². The number of carboxylic acid groups (broad SMARTS) is 1. The zero-order chi connectivity index (χ0) is 20.7. The Morgan fingerprint density at radius 1 is 0.867 bits per heavy atom. The molecule has 0 spiro atoms. The molecule has 3 aromatic rings. The van der Waals surface area contributed by atoms with Crippen LogP contribution in [0.25, 0.3) is 11.1 Å². The number of benzene rings is 3. The van der Waals surface area contributed by atoms with Gasteiger partial charge in [-0.2, -0.15) is 0 Å². The Kier molecular flexibility index (Phi) is 4.51. The standard InChI is InChI=1S/C25H21NO4/c27-24(28)23-21(16-8-2-1-3-9-16)14-26(23)25(29)30-15-22-19-12-6-4-10-17(19)18-11-5-7-13-20(18)22/h1-13,21-23H,14-15H2,(H,27,28)/p-1/t21-,23+/m0/s1. The molecule has 1 heterocycles. The minimum Gasteiger partial charge on any atom is -0.548 e. The number of amides is 1. The van der Waals surface area contributed by atoms with Gasteiger partial charge in [-0.25, -0.2) is 4.79 Å². The lowest BCUT2D eigenvalue weighted by molar-refractivity contribution is -0.315. The number of hydrogen-bond acceptors (Lipinski definition) is 4. The molecule has 2 atom stereocenters. The Morgan fingerprint density at radius 2 is 1.43 bits per heavy atom. The van der Waals surface area contributed by atoms with Crippen molar-refractivity contribution in [2.45, 2.75) is 17.9 Å². The van der Waals surface area contributed by atoms with Crippen molar-refractivity contribution in [3.63, 3.8) is 0 Å². The van der Waals surface area contributed by atoms with E-state index in [0.29, 0.717) is 6.54 Å². The van der Waals surface area contributed by atoms with E-state index in [2.05, 4.69) is 12.1 Å². The molecule has 0 N–H and O–H groups in total. The maximum atomic E-state index is 12.7. The summed E-state index contributed by atoms with van der Waals surface area (Å²) < 4.78 is 5.60. The number of carboxylic acids is 1. The molecule has 5 heteroatoms. The van der Waals surface area contributed by atoms with Gasteiger partial charge in [0.05, 0.1) is 12.0 Å². The van der Waals surface area contributed by atoms with E-state index in [0.717, 1.165) is 27.8 Å². The first-order valence-corrected chi connectivity index (χ1v) is 10.0. The second kappa shape index (κ2) is 7.34. The van der Waals surface area contributed by atoms with Crippen molar-refractivity contribution in [1.82, 2.24) is 4.90 Å². The first-order chi connectivity index (χ1) is 14.6. The first kappa shape index (κ1) is 18.4. The number of aliphatic carboxylic acids is 1. The van der Waals surface area contributed by atoms with Gasteiger partial charge in [0, 0.05) is 18.4 Å². The Morgan fingerprint density at radius 3 is 2.03 bits per heavy atom. The molecule has 5 rings (SSSR count). The van der Waals surface area contributed by atoms with Gasteiger partial charge in [0.25, 0.3) is 0 Å². The lowest BCUT2D eigenvalue weighted by Crippen LogP contribution is -2.64. The molecule has 3 aromatic carbocycles. The second-order valence-electron chi connectivity index (χ2n) is 7.74. The van der Waals surface area contributed by atoms with E-state index in [4.69, 9.17) is 4.74 Å². The van der Waals surface area contributed by atoms with Crippen LogP contribution in [0.15, 0.2) is 78.9 Å². The number of carbonyl (C=O) groups excluding carboxylic acids is 2. The third-order valence-corrected chi connectivity index (χ3v) is 6.15. The summed E-state index contributed by atoms with van der Waals surface area (Å²) >= 11 is 0. The third kappa shape index (κ3) is 2.94. The minimum atomic E-state index is -1.26. The van der Waals surface area contributed by atoms with Crippen molar-refractivity contribution in [2.75, 3.05) is 13.2 Å². The molecule has 0 bridgehead atoms. The molecule has 0 aromatic heterocycles. The van der Waals surface area contributed by atoms with Gasteiger partial charge in [-0.15, -0.1) is 0 Å². The van der Waals surface area contributed by atoms with Gasteiger partial charge >= 0.3 is 6.09 Å². The van der Waals surface area contributed by atoms with Gasteiger partial charge in [-0.05, 0) is 27.8 Å². The lowest BCUT2D eigenvalue weighted by atomic mass is 9.83. The van der Waals surface area contributed by atoms with Crippen molar-refractivity contribution >= 4 is 12.1 Å². The van der Waals surface area contributed by atoms with Gasteiger partial charge in [0.1, 0.15) is 6.61 Å². The lowest BCUT2D eigenvalue weighted by Gasteiger charge is -2.47. The van der Waals surface area contributed by atoms with Gasteiger partial charge in [-0.3, -0.25) is 4.90 Å². The largest absolute Gasteiger partial charge is 0.548 e. The van der Waals surface area contributed by atoms with Crippen molar-refractivity contribution in [3.05, 3.63) is 95.6 Å². The average molecular weight is 398 g/mol. The van der Waals surface area contributed by atoms with Gasteiger partial charge < -0.3 is 14.6 Å². The van der Waals surface area contributed by atoms with Crippen molar-refractivity contribution in [2.24, 2.45) is 0 Å². The highest BCUT2D eigenvalue weighted by atomic mass is 16.6. The van der Waals surface area contributed by atoms with Crippen molar-refractivity contribution < 1.29 is 19.4 Å². The summed E-state index contributed by atoms with van der Waals surface area (Å²) in [7, 11) is 0. The summed E-state index contributed by atoms with van der Waals surface area (Å²) in [5.74, 6) is -1.60.